The van der Waals surface area contributed by atoms with Gasteiger partial charge in [-0.25, -0.2) is 0 Å². The summed E-state index contributed by atoms with van der Waals surface area (Å²) in [6.45, 7) is 3.33. The van der Waals surface area contributed by atoms with E-state index in [1.165, 1.54) is 13.0 Å². The molecular weight excluding hydrogens is 248 g/mol. The van der Waals surface area contributed by atoms with Gasteiger partial charge in [-0.3, -0.25) is 4.79 Å². The Morgan fingerprint density at radius 3 is 2.89 bits per heavy atom. The van der Waals surface area contributed by atoms with Crippen LogP contribution in [-0.4, -0.2) is 44.9 Å². The van der Waals surface area contributed by atoms with Crippen LogP contribution in [0.2, 0.25) is 5.02 Å². The first-order valence-corrected chi connectivity index (χ1v) is 6.62. The van der Waals surface area contributed by atoms with Crippen molar-refractivity contribution in [2.24, 2.45) is 5.92 Å². The lowest BCUT2D eigenvalue weighted by Gasteiger charge is -2.24. The number of aldehydes is 1. The molecule has 1 unspecified atom stereocenters. The molecule has 4 heteroatoms. The highest BCUT2D eigenvalue weighted by Gasteiger charge is 2.21. The molecule has 0 amide bonds. The predicted molar refractivity (Wildman–Crippen MR) is 75.7 cm³/mol. The maximum atomic E-state index is 10.7. The first-order valence-electron chi connectivity index (χ1n) is 6.24. The van der Waals surface area contributed by atoms with E-state index in [0.29, 0.717) is 16.5 Å². The quantitative estimate of drug-likeness (QED) is 0.783. The molecule has 3 nitrogen and oxygen atoms in total. The third kappa shape index (κ3) is 3.03. The number of carbonyl (C=O) groups is 1. The Morgan fingerprint density at radius 1 is 1.56 bits per heavy atom. The van der Waals surface area contributed by atoms with Gasteiger partial charge in [-0.1, -0.05) is 11.6 Å². The topological polar surface area (TPSA) is 23.6 Å². The van der Waals surface area contributed by atoms with E-state index >= 15 is 0 Å². The van der Waals surface area contributed by atoms with E-state index < -0.39 is 0 Å². The van der Waals surface area contributed by atoms with Crippen LogP contribution >= 0.6 is 11.6 Å². The molecule has 0 aliphatic carbocycles. The lowest BCUT2D eigenvalue weighted by atomic mass is 10.1. The molecule has 1 aliphatic heterocycles. The van der Waals surface area contributed by atoms with Crippen molar-refractivity contribution in [2.45, 2.75) is 6.42 Å². The standard InChI is InChI=1S/C14H19ClN2O/c1-16-6-5-12(8-16)9-17(2)14-4-3-11(10-18)7-13(14)15/h3-4,7,10,12H,5-6,8-9H2,1-2H3. The minimum absolute atomic E-state index is 0.623. The maximum Gasteiger partial charge on any atom is 0.150 e. The van der Waals surface area contributed by atoms with Crippen LogP contribution in [0.3, 0.4) is 0 Å². The van der Waals surface area contributed by atoms with Crippen molar-refractivity contribution in [3.05, 3.63) is 28.8 Å². The van der Waals surface area contributed by atoms with E-state index in [0.717, 1.165) is 25.1 Å². The fraction of sp³-hybridized carbons (Fsp3) is 0.500. The highest BCUT2D eigenvalue weighted by Crippen LogP contribution is 2.27. The highest BCUT2D eigenvalue weighted by molar-refractivity contribution is 6.33. The molecule has 18 heavy (non-hydrogen) atoms. The molecule has 0 radical (unpaired) electrons. The molecule has 1 aliphatic rings. The fourth-order valence-corrected chi connectivity index (χ4v) is 2.90. The van der Waals surface area contributed by atoms with Gasteiger partial charge < -0.3 is 9.80 Å². The van der Waals surface area contributed by atoms with Gasteiger partial charge in [-0.05, 0) is 44.1 Å². The number of hydrogen-bond acceptors (Lipinski definition) is 3. The molecule has 1 atom stereocenters. The van der Waals surface area contributed by atoms with Crippen molar-refractivity contribution in [2.75, 3.05) is 38.6 Å². The fourth-order valence-electron chi connectivity index (χ4n) is 2.57. The summed E-state index contributed by atoms with van der Waals surface area (Å²) in [5.41, 5.74) is 1.62. The molecule has 0 saturated carbocycles. The van der Waals surface area contributed by atoms with E-state index in [4.69, 9.17) is 11.6 Å². The summed E-state index contributed by atoms with van der Waals surface area (Å²) in [4.78, 5) is 15.2. The number of carbonyl (C=O) groups excluding carboxylic acids is 1. The van der Waals surface area contributed by atoms with Gasteiger partial charge >= 0.3 is 0 Å². The van der Waals surface area contributed by atoms with Crippen LogP contribution < -0.4 is 4.90 Å². The molecule has 98 valence electrons. The third-order valence-electron chi connectivity index (χ3n) is 3.54. The molecule has 0 spiro atoms. The molecule has 0 N–H and O–H groups in total. The number of benzene rings is 1. The summed E-state index contributed by atoms with van der Waals surface area (Å²) in [5.74, 6) is 0.696. The Bertz CT molecular complexity index is 436. The van der Waals surface area contributed by atoms with Crippen molar-refractivity contribution >= 4 is 23.6 Å². The molecule has 0 aromatic heterocycles. The Balaban J connectivity index is 2.04. The minimum Gasteiger partial charge on any atom is -0.373 e. The van der Waals surface area contributed by atoms with Crippen LogP contribution in [-0.2, 0) is 0 Å². The number of likely N-dealkylation sites (tertiary alicyclic amines) is 1. The summed E-state index contributed by atoms with van der Waals surface area (Å²) in [6.07, 6.45) is 2.06. The van der Waals surface area contributed by atoms with Crippen molar-refractivity contribution in [3.8, 4) is 0 Å². The molecule has 1 fully saturated rings. The van der Waals surface area contributed by atoms with Crippen molar-refractivity contribution in [1.82, 2.24) is 4.90 Å². The lowest BCUT2D eigenvalue weighted by molar-refractivity contribution is 0.112. The van der Waals surface area contributed by atoms with Crippen LogP contribution in [0.4, 0.5) is 5.69 Å². The number of anilines is 1. The zero-order valence-corrected chi connectivity index (χ0v) is 11.7. The largest absolute Gasteiger partial charge is 0.373 e. The van der Waals surface area contributed by atoms with Crippen LogP contribution in [0.1, 0.15) is 16.8 Å². The SMILES string of the molecule is CN1CCC(CN(C)c2ccc(C=O)cc2Cl)C1. The van der Waals surface area contributed by atoms with Gasteiger partial charge in [0, 0.05) is 25.7 Å². The van der Waals surface area contributed by atoms with E-state index in [-0.39, 0.29) is 0 Å². The summed E-state index contributed by atoms with van der Waals surface area (Å²) in [5, 5.41) is 0.647. The normalized spacial score (nSPS) is 20.1. The molecule has 2 rings (SSSR count). The van der Waals surface area contributed by atoms with Gasteiger partial charge in [0.25, 0.3) is 0 Å². The third-order valence-corrected chi connectivity index (χ3v) is 3.84. The van der Waals surface area contributed by atoms with Crippen molar-refractivity contribution in [3.63, 3.8) is 0 Å². The van der Waals surface area contributed by atoms with Crippen LogP contribution in [0.25, 0.3) is 0 Å². The average Bonchev–Trinajstić information content (AvgIpc) is 2.74. The Kier molecular flexibility index (Phi) is 4.25. The molecule has 1 aromatic carbocycles. The number of hydrogen-bond donors (Lipinski definition) is 0. The number of rotatable bonds is 4. The van der Waals surface area contributed by atoms with E-state index in [2.05, 4.69) is 23.9 Å². The highest BCUT2D eigenvalue weighted by atomic mass is 35.5. The summed E-state index contributed by atoms with van der Waals surface area (Å²) in [6, 6.07) is 5.46. The monoisotopic (exact) mass is 266 g/mol. The molecule has 1 heterocycles. The van der Waals surface area contributed by atoms with Gasteiger partial charge in [0.05, 0.1) is 10.7 Å². The zero-order chi connectivity index (χ0) is 13.1. The number of halogens is 1. The summed E-state index contributed by atoms with van der Waals surface area (Å²) < 4.78 is 0. The van der Waals surface area contributed by atoms with E-state index in [1.54, 1.807) is 6.07 Å². The Labute approximate surface area is 113 Å². The summed E-state index contributed by atoms with van der Waals surface area (Å²) >= 11 is 6.21. The molecule has 0 bridgehead atoms. The summed E-state index contributed by atoms with van der Waals surface area (Å²) in [7, 11) is 4.21. The minimum atomic E-state index is 0.623. The molecular formula is C14H19ClN2O. The smallest absolute Gasteiger partial charge is 0.150 e. The Hall–Kier alpha value is -1.06. The first kappa shape index (κ1) is 13.4. The molecule has 1 aromatic rings. The van der Waals surface area contributed by atoms with Crippen molar-refractivity contribution in [1.29, 1.82) is 0 Å². The van der Waals surface area contributed by atoms with Crippen molar-refractivity contribution < 1.29 is 4.79 Å². The first-order chi connectivity index (χ1) is 8.60. The maximum absolute atomic E-state index is 10.7. The van der Waals surface area contributed by atoms with Gasteiger partial charge in [0.2, 0.25) is 0 Å². The van der Waals surface area contributed by atoms with Crippen LogP contribution in [0, 0.1) is 5.92 Å². The van der Waals surface area contributed by atoms with Gasteiger partial charge in [-0.2, -0.15) is 0 Å². The van der Waals surface area contributed by atoms with Crippen LogP contribution in [0.15, 0.2) is 18.2 Å². The van der Waals surface area contributed by atoms with E-state index in [1.807, 2.05) is 12.1 Å². The second-order valence-electron chi connectivity index (χ2n) is 5.13. The van der Waals surface area contributed by atoms with Crippen LogP contribution in [0.5, 0.6) is 0 Å². The predicted octanol–water partition coefficient (Wildman–Crippen LogP) is 2.54. The van der Waals surface area contributed by atoms with Gasteiger partial charge in [0.15, 0.2) is 0 Å². The van der Waals surface area contributed by atoms with Gasteiger partial charge in [-0.15, -0.1) is 0 Å². The average molecular weight is 267 g/mol. The zero-order valence-electron chi connectivity index (χ0n) is 10.9. The second-order valence-corrected chi connectivity index (χ2v) is 5.53. The number of nitrogens with zero attached hydrogens (tertiary/aromatic N) is 2. The Morgan fingerprint density at radius 2 is 2.33 bits per heavy atom. The second kappa shape index (κ2) is 5.72. The molecule has 1 saturated heterocycles. The van der Waals surface area contributed by atoms with Gasteiger partial charge in [0.1, 0.15) is 6.29 Å². The van der Waals surface area contributed by atoms with E-state index in [9.17, 15) is 4.79 Å². The lowest BCUT2D eigenvalue weighted by Crippen LogP contribution is -2.27.